The van der Waals surface area contributed by atoms with E-state index in [4.69, 9.17) is 0 Å². The van der Waals surface area contributed by atoms with Gasteiger partial charge in [-0.1, -0.05) is 18.2 Å². The standard InChI is InChI=1S/C21H23N3O3/c1-13-7-8-14(2)18(11-13)24-20(27)21(9-10-21)19(26)23-17-6-4-5-16(12-17)22-15(3)25/h4-8,11-12H,9-10H2,1-3H3,(H,22,25)(H,23,26)(H,24,27). The Kier molecular flexibility index (Phi) is 4.99. The summed E-state index contributed by atoms with van der Waals surface area (Å²) >= 11 is 0. The minimum Gasteiger partial charge on any atom is -0.326 e. The van der Waals surface area contributed by atoms with Gasteiger partial charge in [0, 0.05) is 24.0 Å². The van der Waals surface area contributed by atoms with Crippen molar-refractivity contribution in [3.8, 4) is 0 Å². The molecule has 140 valence electrons. The van der Waals surface area contributed by atoms with Crippen molar-refractivity contribution >= 4 is 34.8 Å². The molecule has 0 saturated heterocycles. The molecule has 0 spiro atoms. The smallest absolute Gasteiger partial charge is 0.240 e. The molecule has 1 aliphatic rings. The van der Waals surface area contributed by atoms with Gasteiger partial charge in [0.2, 0.25) is 17.7 Å². The normalized spacial score (nSPS) is 14.2. The van der Waals surface area contributed by atoms with Gasteiger partial charge in [-0.05, 0) is 62.1 Å². The predicted molar refractivity (Wildman–Crippen MR) is 106 cm³/mol. The number of benzene rings is 2. The molecule has 0 bridgehead atoms. The topological polar surface area (TPSA) is 87.3 Å². The number of anilines is 3. The maximum Gasteiger partial charge on any atom is 0.240 e. The summed E-state index contributed by atoms with van der Waals surface area (Å²) in [6, 6.07) is 12.7. The monoisotopic (exact) mass is 365 g/mol. The molecule has 6 nitrogen and oxygen atoms in total. The lowest BCUT2D eigenvalue weighted by atomic mass is 10.0. The first kappa shape index (κ1) is 18.6. The summed E-state index contributed by atoms with van der Waals surface area (Å²) in [5.41, 5.74) is 2.81. The molecule has 1 fully saturated rings. The van der Waals surface area contributed by atoms with Gasteiger partial charge in [-0.25, -0.2) is 0 Å². The Balaban J connectivity index is 1.71. The van der Waals surface area contributed by atoms with Crippen molar-refractivity contribution in [2.75, 3.05) is 16.0 Å². The van der Waals surface area contributed by atoms with E-state index < -0.39 is 5.41 Å². The van der Waals surface area contributed by atoms with E-state index in [2.05, 4.69) is 16.0 Å². The third kappa shape index (κ3) is 4.16. The Morgan fingerprint density at radius 1 is 0.852 bits per heavy atom. The van der Waals surface area contributed by atoms with Gasteiger partial charge < -0.3 is 16.0 Å². The van der Waals surface area contributed by atoms with E-state index in [1.54, 1.807) is 24.3 Å². The third-order valence-electron chi connectivity index (χ3n) is 4.70. The van der Waals surface area contributed by atoms with E-state index in [1.807, 2.05) is 32.0 Å². The molecule has 6 heteroatoms. The highest BCUT2D eigenvalue weighted by Gasteiger charge is 2.56. The van der Waals surface area contributed by atoms with Crippen LogP contribution in [0.1, 0.15) is 30.9 Å². The van der Waals surface area contributed by atoms with E-state index in [1.165, 1.54) is 6.92 Å². The molecule has 27 heavy (non-hydrogen) atoms. The zero-order valence-electron chi connectivity index (χ0n) is 15.7. The minimum absolute atomic E-state index is 0.190. The Morgan fingerprint density at radius 3 is 2.11 bits per heavy atom. The van der Waals surface area contributed by atoms with E-state index >= 15 is 0 Å². The van der Waals surface area contributed by atoms with Crippen molar-refractivity contribution in [2.24, 2.45) is 5.41 Å². The highest BCUT2D eigenvalue weighted by molar-refractivity contribution is 6.17. The largest absolute Gasteiger partial charge is 0.326 e. The lowest BCUT2D eigenvalue weighted by Crippen LogP contribution is -2.35. The maximum absolute atomic E-state index is 12.8. The summed E-state index contributed by atoms with van der Waals surface area (Å²) < 4.78 is 0. The lowest BCUT2D eigenvalue weighted by molar-refractivity contribution is -0.131. The highest BCUT2D eigenvalue weighted by atomic mass is 16.2. The minimum atomic E-state index is -1.04. The second-order valence-corrected chi connectivity index (χ2v) is 7.07. The summed E-state index contributed by atoms with van der Waals surface area (Å²) in [5, 5.41) is 8.37. The Labute approximate surface area is 158 Å². The summed E-state index contributed by atoms with van der Waals surface area (Å²) in [5.74, 6) is -0.804. The number of aryl methyl sites for hydroxylation is 2. The fourth-order valence-corrected chi connectivity index (χ4v) is 2.92. The van der Waals surface area contributed by atoms with Gasteiger partial charge in [-0.15, -0.1) is 0 Å². The van der Waals surface area contributed by atoms with E-state index in [0.29, 0.717) is 24.2 Å². The van der Waals surface area contributed by atoms with Crippen LogP contribution in [0, 0.1) is 19.3 Å². The average Bonchev–Trinajstić information content (AvgIpc) is 3.40. The van der Waals surface area contributed by atoms with Gasteiger partial charge in [0.05, 0.1) is 0 Å². The SMILES string of the molecule is CC(=O)Nc1cccc(NC(=O)C2(C(=O)Nc3cc(C)ccc3C)CC2)c1. The summed E-state index contributed by atoms with van der Waals surface area (Å²) in [6.45, 7) is 5.29. The summed E-state index contributed by atoms with van der Waals surface area (Å²) in [7, 11) is 0. The number of carbonyl (C=O) groups excluding carboxylic acids is 3. The summed E-state index contributed by atoms with van der Waals surface area (Å²) in [4.78, 5) is 36.7. The van der Waals surface area contributed by atoms with Crippen molar-refractivity contribution in [1.82, 2.24) is 0 Å². The quantitative estimate of drug-likeness (QED) is 0.707. The fourth-order valence-electron chi connectivity index (χ4n) is 2.92. The van der Waals surface area contributed by atoms with Crippen molar-refractivity contribution < 1.29 is 14.4 Å². The molecule has 3 rings (SSSR count). The molecule has 0 aliphatic heterocycles. The highest BCUT2D eigenvalue weighted by Crippen LogP contribution is 2.47. The van der Waals surface area contributed by atoms with Crippen LogP contribution >= 0.6 is 0 Å². The molecule has 2 aromatic carbocycles. The second-order valence-electron chi connectivity index (χ2n) is 7.07. The van der Waals surface area contributed by atoms with Crippen LogP contribution in [0.2, 0.25) is 0 Å². The van der Waals surface area contributed by atoms with E-state index in [9.17, 15) is 14.4 Å². The number of rotatable bonds is 5. The molecule has 0 atom stereocenters. The van der Waals surface area contributed by atoms with Gasteiger partial charge in [-0.2, -0.15) is 0 Å². The number of nitrogens with one attached hydrogen (secondary N) is 3. The number of hydrogen-bond acceptors (Lipinski definition) is 3. The maximum atomic E-state index is 12.8. The molecule has 3 amide bonds. The third-order valence-corrected chi connectivity index (χ3v) is 4.70. The fraction of sp³-hybridized carbons (Fsp3) is 0.286. The first-order chi connectivity index (χ1) is 12.8. The molecule has 0 heterocycles. The van der Waals surface area contributed by atoms with Crippen LogP contribution in [0.4, 0.5) is 17.1 Å². The number of hydrogen-bond donors (Lipinski definition) is 3. The predicted octanol–water partition coefficient (Wildman–Crippen LogP) is 3.62. The molecular weight excluding hydrogens is 342 g/mol. The van der Waals surface area contributed by atoms with Crippen molar-refractivity contribution in [2.45, 2.75) is 33.6 Å². The first-order valence-corrected chi connectivity index (χ1v) is 8.88. The van der Waals surface area contributed by atoms with Gasteiger partial charge in [0.25, 0.3) is 0 Å². The molecule has 1 aliphatic carbocycles. The van der Waals surface area contributed by atoms with Crippen LogP contribution in [-0.2, 0) is 14.4 Å². The molecule has 3 N–H and O–H groups in total. The molecule has 2 aromatic rings. The Morgan fingerprint density at radius 2 is 1.48 bits per heavy atom. The van der Waals surface area contributed by atoms with E-state index in [-0.39, 0.29) is 17.7 Å². The average molecular weight is 365 g/mol. The summed E-state index contributed by atoms with van der Waals surface area (Å²) in [6.07, 6.45) is 1.03. The molecule has 0 aromatic heterocycles. The molecular formula is C21H23N3O3. The van der Waals surface area contributed by atoms with Crippen LogP contribution in [-0.4, -0.2) is 17.7 Å². The molecule has 1 saturated carbocycles. The van der Waals surface area contributed by atoms with Crippen LogP contribution < -0.4 is 16.0 Å². The van der Waals surface area contributed by atoms with E-state index in [0.717, 1.165) is 16.8 Å². The number of carbonyl (C=O) groups is 3. The van der Waals surface area contributed by atoms with Gasteiger partial charge >= 0.3 is 0 Å². The van der Waals surface area contributed by atoms with Crippen LogP contribution in [0.3, 0.4) is 0 Å². The van der Waals surface area contributed by atoms with Crippen LogP contribution in [0.15, 0.2) is 42.5 Å². The van der Waals surface area contributed by atoms with Crippen molar-refractivity contribution in [3.63, 3.8) is 0 Å². The van der Waals surface area contributed by atoms with Gasteiger partial charge in [0.1, 0.15) is 5.41 Å². The zero-order valence-corrected chi connectivity index (χ0v) is 15.7. The van der Waals surface area contributed by atoms with Crippen LogP contribution in [0.25, 0.3) is 0 Å². The first-order valence-electron chi connectivity index (χ1n) is 8.88. The second kappa shape index (κ2) is 7.23. The zero-order chi connectivity index (χ0) is 19.6. The molecule has 0 unspecified atom stereocenters. The van der Waals surface area contributed by atoms with Gasteiger partial charge in [-0.3, -0.25) is 14.4 Å². The number of amides is 3. The lowest BCUT2D eigenvalue weighted by Gasteiger charge is -2.17. The Bertz CT molecular complexity index is 917. The van der Waals surface area contributed by atoms with Gasteiger partial charge in [0.15, 0.2) is 0 Å². The molecule has 0 radical (unpaired) electrons. The Hall–Kier alpha value is -3.15. The van der Waals surface area contributed by atoms with Crippen LogP contribution in [0.5, 0.6) is 0 Å². The van der Waals surface area contributed by atoms with Crippen molar-refractivity contribution in [1.29, 1.82) is 0 Å². The van der Waals surface area contributed by atoms with Crippen molar-refractivity contribution in [3.05, 3.63) is 53.6 Å².